The Morgan fingerprint density at radius 3 is 2.53 bits per heavy atom. The average Bonchev–Trinajstić information content (AvgIpc) is 2.84. The number of hydrogen-bond donors (Lipinski definition) is 4. The molecule has 2 atom stereocenters. The normalized spacial score (nSPS) is 16.9. The topological polar surface area (TPSA) is 171 Å². The molecule has 2 aromatic carbocycles. The van der Waals surface area contributed by atoms with Gasteiger partial charge in [-0.3, -0.25) is 9.79 Å². The molecule has 1 saturated heterocycles. The molecule has 12 heteroatoms. The first-order valence-electron chi connectivity index (χ1n) is 11.8. The van der Waals surface area contributed by atoms with Crippen molar-refractivity contribution in [1.29, 1.82) is 0 Å². The molecule has 2 aromatic rings. The molecule has 6 N–H and O–H groups in total. The number of nitrogens with two attached hydrogens (primary N) is 2. The quantitative estimate of drug-likeness (QED) is 0.205. The lowest BCUT2D eigenvalue weighted by Gasteiger charge is -2.35. The SMILES string of the molecule is CN(C)c1cccc2c(S(=O)(=O)N[C@@H](CCCN=C(N)N)C(=O)N3CCCCC3C(=O)O)cccc12. The molecular formula is C24H34N6O5S. The second-order valence-corrected chi connectivity index (χ2v) is 10.7. The van der Waals surface area contributed by atoms with Crippen molar-refractivity contribution in [2.75, 3.05) is 32.1 Å². The molecule has 11 nitrogen and oxygen atoms in total. The van der Waals surface area contributed by atoms with Crippen molar-refractivity contribution in [1.82, 2.24) is 9.62 Å². The molecule has 1 unspecified atom stereocenters. The van der Waals surface area contributed by atoms with Gasteiger partial charge in [0.2, 0.25) is 15.9 Å². The van der Waals surface area contributed by atoms with Gasteiger partial charge in [0.1, 0.15) is 12.1 Å². The lowest BCUT2D eigenvalue weighted by atomic mass is 10.00. The van der Waals surface area contributed by atoms with Crippen molar-refractivity contribution in [3.8, 4) is 0 Å². The zero-order chi connectivity index (χ0) is 26.5. The first-order valence-corrected chi connectivity index (χ1v) is 13.3. The van der Waals surface area contributed by atoms with Crippen LogP contribution in [-0.4, -0.2) is 75.5 Å². The Hall–Kier alpha value is -3.38. The van der Waals surface area contributed by atoms with Crippen molar-refractivity contribution in [2.45, 2.75) is 49.1 Å². The van der Waals surface area contributed by atoms with E-state index in [0.29, 0.717) is 31.1 Å². The number of rotatable bonds is 10. The number of guanidine groups is 1. The Balaban J connectivity index is 1.96. The Labute approximate surface area is 211 Å². The number of carbonyl (C=O) groups is 2. The van der Waals surface area contributed by atoms with Crippen LogP contribution in [0.4, 0.5) is 5.69 Å². The number of aliphatic imine (C=N–C) groups is 1. The van der Waals surface area contributed by atoms with E-state index >= 15 is 0 Å². The number of piperidine rings is 1. The highest BCUT2D eigenvalue weighted by Gasteiger charge is 2.37. The molecule has 36 heavy (non-hydrogen) atoms. The standard InChI is InChI=1S/C24H34N6O5S/c1-29(2)19-12-5-9-17-16(19)8-6-13-21(17)36(34,35)28-18(10-7-14-27-24(25)26)22(31)30-15-4-3-11-20(30)23(32)33/h5-6,8-9,12-13,18,20,28H,3-4,7,10-11,14-15H2,1-2H3,(H,32,33)(H4,25,26,27)/t18-,20?/m0/s1. The minimum absolute atomic E-state index is 0.0409. The maximum Gasteiger partial charge on any atom is 0.326 e. The zero-order valence-electron chi connectivity index (χ0n) is 20.6. The number of carbonyl (C=O) groups excluding carboxylic acids is 1. The van der Waals surface area contributed by atoms with E-state index in [4.69, 9.17) is 11.5 Å². The summed E-state index contributed by atoms with van der Waals surface area (Å²) in [5, 5.41) is 10.9. The van der Waals surface area contributed by atoms with Crippen molar-refractivity contribution >= 4 is 44.3 Å². The van der Waals surface area contributed by atoms with Crippen molar-refractivity contribution in [2.24, 2.45) is 16.5 Å². The summed E-state index contributed by atoms with van der Waals surface area (Å²) in [5.74, 6) is -1.77. The molecule has 0 aliphatic carbocycles. The highest BCUT2D eigenvalue weighted by atomic mass is 32.2. The van der Waals surface area contributed by atoms with Crippen LogP contribution in [-0.2, 0) is 19.6 Å². The second kappa shape index (κ2) is 11.6. The maximum absolute atomic E-state index is 13.6. The van der Waals surface area contributed by atoms with Crippen molar-refractivity contribution in [3.05, 3.63) is 36.4 Å². The third-order valence-corrected chi connectivity index (χ3v) is 7.77. The molecule has 196 valence electrons. The maximum atomic E-state index is 13.6. The number of amides is 1. The summed E-state index contributed by atoms with van der Waals surface area (Å²) in [7, 11) is -0.408. The molecule has 0 radical (unpaired) electrons. The Kier molecular flexibility index (Phi) is 8.75. The monoisotopic (exact) mass is 518 g/mol. The summed E-state index contributed by atoms with van der Waals surface area (Å²) in [6.07, 6.45) is 2.09. The largest absolute Gasteiger partial charge is 0.480 e. The van der Waals surface area contributed by atoms with Gasteiger partial charge in [-0.15, -0.1) is 0 Å². The molecule has 0 aromatic heterocycles. The van der Waals surface area contributed by atoms with Gasteiger partial charge in [-0.25, -0.2) is 13.2 Å². The van der Waals surface area contributed by atoms with Gasteiger partial charge in [0.15, 0.2) is 5.96 Å². The summed E-state index contributed by atoms with van der Waals surface area (Å²) in [5.41, 5.74) is 11.6. The number of aliphatic carboxylic acids is 1. The first kappa shape index (κ1) is 27.2. The third kappa shape index (κ3) is 6.24. The molecule has 0 saturated carbocycles. The van der Waals surface area contributed by atoms with E-state index in [0.717, 1.165) is 11.1 Å². The van der Waals surface area contributed by atoms with Crippen LogP contribution in [0.25, 0.3) is 10.8 Å². The number of anilines is 1. The Morgan fingerprint density at radius 2 is 1.86 bits per heavy atom. The fourth-order valence-corrected chi connectivity index (χ4v) is 5.97. The van der Waals surface area contributed by atoms with Crippen LogP contribution < -0.4 is 21.1 Å². The van der Waals surface area contributed by atoms with Gasteiger partial charge < -0.3 is 26.4 Å². The lowest BCUT2D eigenvalue weighted by Crippen LogP contribution is -2.55. The van der Waals surface area contributed by atoms with E-state index in [1.165, 1.54) is 11.0 Å². The average molecular weight is 519 g/mol. The van der Waals surface area contributed by atoms with Gasteiger partial charge in [0, 0.05) is 43.6 Å². The van der Waals surface area contributed by atoms with E-state index in [9.17, 15) is 23.1 Å². The summed E-state index contributed by atoms with van der Waals surface area (Å²) in [6, 6.07) is 8.22. The van der Waals surface area contributed by atoms with E-state index in [-0.39, 0.29) is 30.4 Å². The van der Waals surface area contributed by atoms with E-state index < -0.39 is 34.0 Å². The van der Waals surface area contributed by atoms with Crippen LogP contribution >= 0.6 is 0 Å². The Bertz CT molecular complexity index is 1240. The molecule has 0 spiro atoms. The van der Waals surface area contributed by atoms with E-state index in [1.54, 1.807) is 18.2 Å². The number of sulfonamides is 1. The summed E-state index contributed by atoms with van der Waals surface area (Å²) in [6.45, 7) is 0.457. The number of fused-ring (bicyclic) bond motifs is 1. The number of benzene rings is 2. The fourth-order valence-electron chi connectivity index (χ4n) is 4.53. The summed E-state index contributed by atoms with van der Waals surface area (Å²) in [4.78, 5) is 32.4. The zero-order valence-corrected chi connectivity index (χ0v) is 21.4. The molecule has 1 amide bonds. The summed E-state index contributed by atoms with van der Waals surface area (Å²) >= 11 is 0. The molecule has 0 bridgehead atoms. The molecule has 1 aliphatic heterocycles. The van der Waals surface area contributed by atoms with Crippen LogP contribution in [0.2, 0.25) is 0 Å². The van der Waals surface area contributed by atoms with Crippen LogP contribution in [0.3, 0.4) is 0 Å². The molecule has 3 rings (SSSR count). The molecular weight excluding hydrogens is 484 g/mol. The first-order chi connectivity index (χ1) is 17.0. The molecule has 1 fully saturated rings. The van der Waals surface area contributed by atoms with Gasteiger partial charge >= 0.3 is 5.97 Å². The van der Waals surface area contributed by atoms with Gasteiger partial charge in [0.05, 0.1) is 4.90 Å². The highest BCUT2D eigenvalue weighted by molar-refractivity contribution is 7.89. The van der Waals surface area contributed by atoms with Crippen LogP contribution in [0, 0.1) is 0 Å². The minimum Gasteiger partial charge on any atom is -0.480 e. The summed E-state index contributed by atoms with van der Waals surface area (Å²) < 4.78 is 29.8. The predicted molar refractivity (Wildman–Crippen MR) is 139 cm³/mol. The van der Waals surface area contributed by atoms with Gasteiger partial charge in [0.25, 0.3) is 0 Å². The number of nitrogens with one attached hydrogen (secondary N) is 1. The number of nitrogens with zero attached hydrogens (tertiary/aromatic N) is 3. The van der Waals surface area contributed by atoms with Gasteiger partial charge in [-0.05, 0) is 44.2 Å². The highest BCUT2D eigenvalue weighted by Crippen LogP contribution is 2.30. The number of carboxylic acid groups (broad SMARTS) is 1. The fraction of sp³-hybridized carbons (Fsp3) is 0.458. The molecule has 1 aliphatic rings. The van der Waals surface area contributed by atoms with Gasteiger partial charge in [-0.1, -0.05) is 24.3 Å². The van der Waals surface area contributed by atoms with Crippen LogP contribution in [0.1, 0.15) is 32.1 Å². The smallest absolute Gasteiger partial charge is 0.326 e. The lowest BCUT2D eigenvalue weighted by molar-refractivity contribution is -0.152. The second-order valence-electron chi connectivity index (χ2n) is 9.03. The van der Waals surface area contributed by atoms with Crippen molar-refractivity contribution in [3.63, 3.8) is 0 Å². The van der Waals surface area contributed by atoms with E-state index in [1.807, 2.05) is 31.1 Å². The van der Waals surface area contributed by atoms with Crippen LogP contribution in [0.15, 0.2) is 46.3 Å². The van der Waals surface area contributed by atoms with Crippen LogP contribution in [0.5, 0.6) is 0 Å². The predicted octanol–water partition coefficient (Wildman–Crippen LogP) is 1.07. The Morgan fingerprint density at radius 1 is 1.17 bits per heavy atom. The molecule has 1 heterocycles. The van der Waals surface area contributed by atoms with E-state index in [2.05, 4.69) is 9.71 Å². The third-order valence-electron chi connectivity index (χ3n) is 6.24. The number of likely N-dealkylation sites (tertiary alicyclic amines) is 1. The van der Waals surface area contributed by atoms with Gasteiger partial charge in [-0.2, -0.15) is 4.72 Å². The minimum atomic E-state index is -4.15. The number of hydrogen-bond acceptors (Lipinski definition) is 6. The number of carboxylic acids is 1. The van der Waals surface area contributed by atoms with Crippen molar-refractivity contribution < 1.29 is 23.1 Å².